The highest BCUT2D eigenvalue weighted by Crippen LogP contribution is 2.49. The van der Waals surface area contributed by atoms with Crippen LogP contribution in [-0.2, 0) is 4.74 Å². The van der Waals surface area contributed by atoms with Gasteiger partial charge in [0.1, 0.15) is 0 Å². The summed E-state index contributed by atoms with van der Waals surface area (Å²) in [6.45, 7) is 8.90. The Balaban J connectivity index is 1.68. The summed E-state index contributed by atoms with van der Waals surface area (Å²) in [7, 11) is 0. The van der Waals surface area contributed by atoms with Gasteiger partial charge in [-0.2, -0.15) is 0 Å². The van der Waals surface area contributed by atoms with E-state index in [1.54, 1.807) is 0 Å². The monoisotopic (exact) mass is 282 g/mol. The van der Waals surface area contributed by atoms with Gasteiger partial charge in [0.25, 0.3) is 0 Å². The topological polar surface area (TPSA) is 53.0 Å². The second-order valence-electron chi connectivity index (χ2n) is 7.30. The number of likely N-dealkylation sites (tertiary alicyclic amines) is 1. The number of piperidine rings is 1. The summed E-state index contributed by atoms with van der Waals surface area (Å²) in [6.07, 6.45) is 3.24. The van der Waals surface area contributed by atoms with Gasteiger partial charge in [-0.1, -0.05) is 13.8 Å². The lowest BCUT2D eigenvalue weighted by Crippen LogP contribution is -2.61. The normalized spacial score (nSPS) is 28.2. The first-order valence-corrected chi connectivity index (χ1v) is 7.82. The molecule has 0 atom stereocenters. The van der Waals surface area contributed by atoms with Crippen LogP contribution in [0.1, 0.15) is 39.5 Å². The van der Waals surface area contributed by atoms with Crippen molar-refractivity contribution in [2.45, 2.75) is 50.7 Å². The first-order valence-electron chi connectivity index (χ1n) is 7.82. The number of carboxylic acid groups (broad SMARTS) is 1. The van der Waals surface area contributed by atoms with Crippen LogP contribution in [0.5, 0.6) is 0 Å². The molecule has 3 aliphatic rings. The quantitative estimate of drug-likeness (QED) is 0.842. The highest BCUT2D eigenvalue weighted by atomic mass is 16.5. The van der Waals surface area contributed by atoms with Crippen molar-refractivity contribution in [3.63, 3.8) is 0 Å². The van der Waals surface area contributed by atoms with Gasteiger partial charge >= 0.3 is 6.09 Å². The predicted molar refractivity (Wildman–Crippen MR) is 75.9 cm³/mol. The van der Waals surface area contributed by atoms with Gasteiger partial charge in [0.05, 0.1) is 11.2 Å². The van der Waals surface area contributed by atoms with E-state index in [0.29, 0.717) is 19.0 Å². The zero-order valence-corrected chi connectivity index (χ0v) is 12.6. The summed E-state index contributed by atoms with van der Waals surface area (Å²) in [4.78, 5) is 15.1. The molecule has 2 saturated heterocycles. The Hall–Kier alpha value is -0.810. The molecule has 114 valence electrons. The van der Waals surface area contributed by atoms with E-state index in [4.69, 9.17) is 9.84 Å². The van der Waals surface area contributed by atoms with Gasteiger partial charge in [-0.05, 0) is 31.6 Å². The molecule has 0 aromatic carbocycles. The van der Waals surface area contributed by atoms with Crippen LogP contribution in [0.15, 0.2) is 0 Å². The number of carbonyl (C=O) groups is 1. The van der Waals surface area contributed by atoms with Crippen LogP contribution >= 0.6 is 0 Å². The van der Waals surface area contributed by atoms with E-state index in [0.717, 1.165) is 32.5 Å². The van der Waals surface area contributed by atoms with E-state index >= 15 is 0 Å². The maximum absolute atomic E-state index is 11.0. The molecule has 0 radical (unpaired) electrons. The second-order valence-corrected chi connectivity index (χ2v) is 7.30. The maximum atomic E-state index is 11.0. The van der Waals surface area contributed by atoms with Crippen molar-refractivity contribution in [3.05, 3.63) is 0 Å². The molecule has 0 unspecified atom stereocenters. The Morgan fingerprint density at radius 1 is 1.15 bits per heavy atom. The number of hydrogen-bond donors (Lipinski definition) is 1. The molecular weight excluding hydrogens is 256 g/mol. The molecule has 0 aromatic rings. The molecule has 3 rings (SSSR count). The fourth-order valence-electron chi connectivity index (χ4n) is 3.81. The van der Waals surface area contributed by atoms with Gasteiger partial charge in [-0.3, -0.25) is 4.90 Å². The molecule has 20 heavy (non-hydrogen) atoms. The molecule has 5 nitrogen and oxygen atoms in total. The number of ether oxygens (including phenoxy) is 1. The third-order valence-electron chi connectivity index (χ3n) is 4.83. The van der Waals surface area contributed by atoms with Crippen molar-refractivity contribution >= 4 is 6.09 Å². The van der Waals surface area contributed by atoms with Crippen molar-refractivity contribution in [1.29, 1.82) is 0 Å². The number of rotatable bonds is 2. The molecule has 5 heteroatoms. The zero-order chi connectivity index (χ0) is 14.4. The average molecular weight is 282 g/mol. The Morgan fingerprint density at radius 3 is 2.15 bits per heavy atom. The lowest BCUT2D eigenvalue weighted by molar-refractivity contribution is -0.187. The summed E-state index contributed by atoms with van der Waals surface area (Å²) in [5, 5.41) is 9.09. The minimum Gasteiger partial charge on any atom is -0.465 e. The molecule has 1 aliphatic carbocycles. The van der Waals surface area contributed by atoms with E-state index in [1.807, 2.05) is 0 Å². The lowest BCUT2D eigenvalue weighted by atomic mass is 9.88. The van der Waals surface area contributed by atoms with Gasteiger partial charge in [-0.25, -0.2) is 4.79 Å². The summed E-state index contributed by atoms with van der Waals surface area (Å²) < 4.78 is 6.49. The number of nitrogens with zero attached hydrogens (tertiary/aromatic N) is 2. The smallest absolute Gasteiger partial charge is 0.407 e. The summed E-state index contributed by atoms with van der Waals surface area (Å²) in [5.41, 5.74) is -0.00583. The molecule has 2 spiro atoms. The zero-order valence-electron chi connectivity index (χ0n) is 12.6. The van der Waals surface area contributed by atoms with E-state index in [2.05, 4.69) is 18.7 Å². The van der Waals surface area contributed by atoms with Crippen LogP contribution in [0.3, 0.4) is 0 Å². The first-order chi connectivity index (χ1) is 9.42. The lowest BCUT2D eigenvalue weighted by Gasteiger charge is -2.50. The molecule has 2 heterocycles. The minimum absolute atomic E-state index is 0.0958. The van der Waals surface area contributed by atoms with E-state index in [9.17, 15) is 4.79 Å². The highest BCUT2D eigenvalue weighted by molar-refractivity contribution is 5.65. The van der Waals surface area contributed by atoms with E-state index < -0.39 is 6.09 Å². The van der Waals surface area contributed by atoms with Crippen LogP contribution in [0, 0.1) is 5.92 Å². The Morgan fingerprint density at radius 2 is 1.70 bits per heavy atom. The molecule has 0 bridgehead atoms. The van der Waals surface area contributed by atoms with Crippen LogP contribution in [0.4, 0.5) is 4.79 Å². The average Bonchev–Trinajstić information content (AvgIpc) is 3.06. The van der Waals surface area contributed by atoms with Crippen LogP contribution < -0.4 is 0 Å². The summed E-state index contributed by atoms with van der Waals surface area (Å²) in [5.74, 6) is 0.667. The third-order valence-corrected chi connectivity index (χ3v) is 4.83. The van der Waals surface area contributed by atoms with Gasteiger partial charge < -0.3 is 14.7 Å². The number of morpholine rings is 1. The van der Waals surface area contributed by atoms with Crippen molar-refractivity contribution in [2.24, 2.45) is 5.92 Å². The molecule has 1 amide bonds. The number of amides is 1. The molecule has 1 N–H and O–H groups in total. The second kappa shape index (κ2) is 4.88. The third kappa shape index (κ3) is 2.79. The summed E-state index contributed by atoms with van der Waals surface area (Å²) in [6, 6.07) is 0. The van der Waals surface area contributed by atoms with Crippen molar-refractivity contribution < 1.29 is 14.6 Å². The van der Waals surface area contributed by atoms with Crippen molar-refractivity contribution in [1.82, 2.24) is 9.80 Å². The van der Waals surface area contributed by atoms with E-state index in [1.165, 1.54) is 17.7 Å². The Labute approximate surface area is 120 Å². The Kier molecular flexibility index (Phi) is 3.45. The first kappa shape index (κ1) is 14.1. The molecule has 0 aromatic heterocycles. The maximum Gasteiger partial charge on any atom is 0.407 e. The van der Waals surface area contributed by atoms with E-state index in [-0.39, 0.29) is 11.2 Å². The Bertz CT molecular complexity index is 385. The highest BCUT2D eigenvalue weighted by Gasteiger charge is 2.55. The van der Waals surface area contributed by atoms with Crippen LogP contribution in [0.2, 0.25) is 0 Å². The minimum atomic E-state index is -0.796. The van der Waals surface area contributed by atoms with Crippen molar-refractivity contribution in [3.8, 4) is 0 Å². The van der Waals surface area contributed by atoms with Crippen LogP contribution in [0.25, 0.3) is 0 Å². The number of hydrogen-bond acceptors (Lipinski definition) is 3. The largest absolute Gasteiger partial charge is 0.465 e. The summed E-state index contributed by atoms with van der Waals surface area (Å²) >= 11 is 0. The standard InChI is InChI=1S/C15H26N2O3/c1-12(2)9-16-10-14(3-4-14)20-15(11-16)5-7-17(8-6-15)13(18)19/h12H,3-11H2,1-2H3,(H,18,19). The fourth-order valence-corrected chi connectivity index (χ4v) is 3.81. The molecule has 1 saturated carbocycles. The van der Waals surface area contributed by atoms with Gasteiger partial charge in [0.2, 0.25) is 0 Å². The molecule has 2 aliphatic heterocycles. The predicted octanol–water partition coefficient (Wildman–Crippen LogP) is 2.02. The van der Waals surface area contributed by atoms with Crippen molar-refractivity contribution in [2.75, 3.05) is 32.7 Å². The fraction of sp³-hybridized carbons (Fsp3) is 0.933. The molecular formula is C15H26N2O3. The molecule has 3 fully saturated rings. The van der Waals surface area contributed by atoms with Gasteiger partial charge in [0, 0.05) is 32.7 Å². The van der Waals surface area contributed by atoms with Gasteiger partial charge in [0.15, 0.2) is 0 Å². The van der Waals surface area contributed by atoms with Gasteiger partial charge in [-0.15, -0.1) is 0 Å². The SMILES string of the molecule is CC(C)CN1CC2(CCN(C(=O)O)CC2)OC2(CC2)C1. The van der Waals surface area contributed by atoms with Crippen LogP contribution in [-0.4, -0.2) is 64.9 Å².